The van der Waals surface area contributed by atoms with E-state index in [1.54, 1.807) is 36.4 Å². The number of carbonyl (C=O) groups excluding carboxylic acids is 3. The molecule has 144 valence electrons. The molecule has 2 aromatic rings. The van der Waals surface area contributed by atoms with Crippen molar-refractivity contribution in [1.29, 1.82) is 0 Å². The number of para-hydroxylation sites is 1. The number of imide groups is 1. The lowest BCUT2D eigenvalue weighted by Crippen LogP contribution is -2.50. The van der Waals surface area contributed by atoms with E-state index in [1.807, 2.05) is 11.0 Å². The van der Waals surface area contributed by atoms with Crippen molar-refractivity contribution in [2.45, 2.75) is 6.54 Å². The second-order valence-corrected chi connectivity index (χ2v) is 7.02. The minimum Gasteiger partial charge on any atom is -0.296 e. The van der Waals surface area contributed by atoms with Gasteiger partial charge in [0.25, 0.3) is 5.78 Å². The maximum Gasteiger partial charge on any atom is 0.306 e. The maximum atomic E-state index is 13.8. The molecule has 1 saturated heterocycles. The molecule has 28 heavy (non-hydrogen) atoms. The lowest BCUT2D eigenvalue weighted by atomic mass is 10.1. The van der Waals surface area contributed by atoms with Gasteiger partial charge in [0.15, 0.2) is 0 Å². The first kappa shape index (κ1) is 18.5. The molecule has 0 N–H and O–H groups in total. The molecular formula is C21H20FN3O3. The summed E-state index contributed by atoms with van der Waals surface area (Å²) in [6.45, 7) is 3.27. The highest BCUT2D eigenvalue weighted by atomic mass is 19.1. The van der Waals surface area contributed by atoms with Crippen molar-refractivity contribution in [3.05, 3.63) is 65.5 Å². The maximum absolute atomic E-state index is 13.8. The highest BCUT2D eigenvalue weighted by molar-refractivity contribution is 6.56. The second-order valence-electron chi connectivity index (χ2n) is 7.02. The van der Waals surface area contributed by atoms with Gasteiger partial charge in [-0.25, -0.2) is 9.29 Å². The second kappa shape index (κ2) is 7.61. The van der Waals surface area contributed by atoms with Crippen LogP contribution in [0.1, 0.15) is 15.9 Å². The standard InChI is InChI=1S/C21H20FN3O3/c22-17-7-3-1-5-15(17)13-23-9-11-24(12-10-23)14-19(26)25-18-8-4-2-6-16(18)20(27)21(25)28/h1-8H,9-14H2. The Labute approximate surface area is 162 Å². The highest BCUT2D eigenvalue weighted by Gasteiger charge is 2.39. The number of nitrogens with zero attached hydrogens (tertiary/aromatic N) is 3. The van der Waals surface area contributed by atoms with Crippen molar-refractivity contribution in [3.8, 4) is 0 Å². The number of ketones is 1. The Balaban J connectivity index is 1.35. The number of hydrogen-bond donors (Lipinski definition) is 0. The number of anilines is 1. The van der Waals surface area contributed by atoms with Gasteiger partial charge in [0.2, 0.25) is 5.91 Å². The van der Waals surface area contributed by atoms with Gasteiger partial charge in [0, 0.05) is 38.3 Å². The van der Waals surface area contributed by atoms with E-state index in [-0.39, 0.29) is 17.9 Å². The summed E-state index contributed by atoms with van der Waals surface area (Å²) in [7, 11) is 0. The van der Waals surface area contributed by atoms with Gasteiger partial charge in [-0.3, -0.25) is 24.2 Å². The average Bonchev–Trinajstić information content (AvgIpc) is 2.96. The summed E-state index contributed by atoms with van der Waals surface area (Å²) in [5.41, 5.74) is 1.29. The predicted octanol–water partition coefficient (Wildman–Crippen LogP) is 1.70. The Morgan fingerprint density at radius 3 is 2.29 bits per heavy atom. The van der Waals surface area contributed by atoms with Crippen LogP contribution in [0.4, 0.5) is 10.1 Å². The van der Waals surface area contributed by atoms with Crippen molar-refractivity contribution in [2.75, 3.05) is 37.6 Å². The van der Waals surface area contributed by atoms with Crippen LogP contribution in [0.25, 0.3) is 0 Å². The SMILES string of the molecule is O=C1C(=O)N(C(=O)CN2CCN(Cc3ccccc3F)CC2)c2ccccc21. The van der Waals surface area contributed by atoms with Gasteiger partial charge in [-0.2, -0.15) is 0 Å². The predicted molar refractivity (Wildman–Crippen MR) is 101 cm³/mol. The van der Waals surface area contributed by atoms with Crippen LogP contribution in [0.5, 0.6) is 0 Å². The fourth-order valence-corrected chi connectivity index (χ4v) is 3.67. The number of carbonyl (C=O) groups is 3. The van der Waals surface area contributed by atoms with Gasteiger partial charge in [-0.05, 0) is 18.2 Å². The van der Waals surface area contributed by atoms with Crippen molar-refractivity contribution in [2.24, 2.45) is 0 Å². The van der Waals surface area contributed by atoms with Crippen LogP contribution in [0, 0.1) is 5.82 Å². The van der Waals surface area contributed by atoms with Gasteiger partial charge in [0.05, 0.1) is 17.8 Å². The Kier molecular flexibility index (Phi) is 5.02. The molecule has 0 spiro atoms. The Bertz CT molecular complexity index is 938. The van der Waals surface area contributed by atoms with Crippen LogP contribution in [-0.2, 0) is 16.1 Å². The summed E-state index contributed by atoms with van der Waals surface area (Å²) in [4.78, 5) is 42.1. The first-order valence-corrected chi connectivity index (χ1v) is 9.23. The zero-order valence-corrected chi connectivity index (χ0v) is 15.3. The van der Waals surface area contributed by atoms with E-state index in [0.717, 1.165) is 4.90 Å². The molecule has 6 nitrogen and oxygen atoms in total. The van der Waals surface area contributed by atoms with Crippen LogP contribution < -0.4 is 4.90 Å². The molecule has 0 aliphatic carbocycles. The molecule has 1 fully saturated rings. The largest absolute Gasteiger partial charge is 0.306 e. The van der Waals surface area contributed by atoms with E-state index >= 15 is 0 Å². The monoisotopic (exact) mass is 381 g/mol. The van der Waals surface area contributed by atoms with Crippen LogP contribution in [0.15, 0.2) is 48.5 Å². The van der Waals surface area contributed by atoms with E-state index in [2.05, 4.69) is 4.90 Å². The molecule has 0 radical (unpaired) electrons. The molecule has 0 saturated carbocycles. The molecular weight excluding hydrogens is 361 g/mol. The molecule has 7 heteroatoms. The minimum atomic E-state index is -0.788. The third-order valence-corrected chi connectivity index (χ3v) is 5.21. The summed E-state index contributed by atoms with van der Waals surface area (Å²) >= 11 is 0. The number of rotatable bonds is 4. The first-order valence-electron chi connectivity index (χ1n) is 9.23. The van der Waals surface area contributed by atoms with Gasteiger partial charge in [-0.1, -0.05) is 30.3 Å². The van der Waals surface area contributed by atoms with E-state index in [9.17, 15) is 18.8 Å². The van der Waals surface area contributed by atoms with Crippen LogP contribution in [-0.4, -0.2) is 60.1 Å². The highest BCUT2D eigenvalue weighted by Crippen LogP contribution is 2.28. The zero-order chi connectivity index (χ0) is 19.7. The summed E-state index contributed by atoms with van der Waals surface area (Å²) < 4.78 is 13.8. The zero-order valence-electron chi connectivity index (χ0n) is 15.3. The number of Topliss-reactive ketones (excluding diaryl/α,β-unsaturated/α-hetero) is 1. The third-order valence-electron chi connectivity index (χ3n) is 5.21. The molecule has 0 aromatic heterocycles. The Morgan fingerprint density at radius 2 is 1.54 bits per heavy atom. The van der Waals surface area contributed by atoms with Crippen molar-refractivity contribution in [3.63, 3.8) is 0 Å². The lowest BCUT2D eigenvalue weighted by molar-refractivity contribution is -0.125. The third kappa shape index (κ3) is 3.46. The average molecular weight is 381 g/mol. The van der Waals surface area contributed by atoms with Crippen LogP contribution in [0.2, 0.25) is 0 Å². The van der Waals surface area contributed by atoms with Crippen molar-refractivity contribution >= 4 is 23.3 Å². The van der Waals surface area contributed by atoms with E-state index in [0.29, 0.717) is 44.0 Å². The molecule has 2 aliphatic rings. The number of benzene rings is 2. The van der Waals surface area contributed by atoms with Gasteiger partial charge >= 0.3 is 5.91 Å². The van der Waals surface area contributed by atoms with Crippen molar-refractivity contribution < 1.29 is 18.8 Å². The number of piperazine rings is 1. The Hall–Kier alpha value is -2.90. The molecule has 2 amide bonds. The molecule has 2 aromatic carbocycles. The smallest absolute Gasteiger partial charge is 0.296 e. The van der Waals surface area contributed by atoms with Crippen LogP contribution >= 0.6 is 0 Å². The summed E-state index contributed by atoms with van der Waals surface area (Å²) in [6, 6.07) is 13.3. The summed E-state index contributed by atoms with van der Waals surface area (Å²) in [5.74, 6) is -2.04. The first-order chi connectivity index (χ1) is 13.5. The number of hydrogen-bond acceptors (Lipinski definition) is 5. The minimum absolute atomic E-state index is 0.0703. The number of amides is 2. The molecule has 2 aliphatic heterocycles. The van der Waals surface area contributed by atoms with Crippen molar-refractivity contribution in [1.82, 2.24) is 9.80 Å². The normalized spacial score (nSPS) is 17.8. The number of fused-ring (bicyclic) bond motifs is 1. The van der Waals surface area contributed by atoms with E-state index in [4.69, 9.17) is 0 Å². The molecule has 4 rings (SSSR count). The molecule has 0 unspecified atom stereocenters. The summed E-state index contributed by atoms with van der Waals surface area (Å²) in [5, 5.41) is 0. The van der Waals surface area contributed by atoms with E-state index < -0.39 is 17.6 Å². The molecule has 0 atom stereocenters. The quantitative estimate of drug-likeness (QED) is 0.755. The van der Waals surface area contributed by atoms with Gasteiger partial charge in [0.1, 0.15) is 5.82 Å². The summed E-state index contributed by atoms with van der Waals surface area (Å²) in [6.07, 6.45) is 0. The topological polar surface area (TPSA) is 60.9 Å². The number of halogens is 1. The van der Waals surface area contributed by atoms with E-state index in [1.165, 1.54) is 6.07 Å². The lowest BCUT2D eigenvalue weighted by Gasteiger charge is -2.34. The van der Waals surface area contributed by atoms with Crippen LogP contribution in [0.3, 0.4) is 0 Å². The fourth-order valence-electron chi connectivity index (χ4n) is 3.67. The Morgan fingerprint density at radius 1 is 0.893 bits per heavy atom. The fraction of sp³-hybridized carbons (Fsp3) is 0.286. The van der Waals surface area contributed by atoms with Gasteiger partial charge in [-0.15, -0.1) is 0 Å². The van der Waals surface area contributed by atoms with Gasteiger partial charge < -0.3 is 0 Å². The molecule has 2 heterocycles. The molecule has 0 bridgehead atoms.